The van der Waals surface area contributed by atoms with Crippen molar-refractivity contribution < 1.29 is 24.3 Å². The van der Waals surface area contributed by atoms with E-state index in [1.807, 2.05) is 0 Å². The Bertz CT molecular complexity index is 415. The minimum atomic E-state index is -0.855. The van der Waals surface area contributed by atoms with Crippen LogP contribution in [0, 0.1) is 5.92 Å². The highest BCUT2D eigenvalue weighted by atomic mass is 16.4. The number of carbonyl (C=O) groups is 4. The molecular weight excluding hydrogens is 280 g/mol. The van der Waals surface area contributed by atoms with Gasteiger partial charge in [0.25, 0.3) is 0 Å². The van der Waals surface area contributed by atoms with Gasteiger partial charge in [-0.3, -0.25) is 24.1 Å². The van der Waals surface area contributed by atoms with Gasteiger partial charge in [0.05, 0.1) is 25.6 Å². The summed E-state index contributed by atoms with van der Waals surface area (Å²) >= 11 is 0. The molecule has 1 fully saturated rings. The Morgan fingerprint density at radius 2 is 1.48 bits per heavy atom. The van der Waals surface area contributed by atoms with Crippen molar-refractivity contribution >= 4 is 23.7 Å². The van der Waals surface area contributed by atoms with Crippen molar-refractivity contribution in [3.8, 4) is 0 Å². The van der Waals surface area contributed by atoms with Gasteiger partial charge in [-0.2, -0.15) is 0 Å². The van der Waals surface area contributed by atoms with Gasteiger partial charge in [-0.15, -0.1) is 0 Å². The van der Waals surface area contributed by atoms with Crippen LogP contribution in [0.25, 0.3) is 0 Å². The van der Waals surface area contributed by atoms with Crippen LogP contribution in [-0.4, -0.2) is 71.3 Å². The average molecular weight is 300 g/mol. The predicted molar refractivity (Wildman–Crippen MR) is 71.8 cm³/mol. The van der Waals surface area contributed by atoms with Gasteiger partial charge in [-0.1, -0.05) is 0 Å². The van der Waals surface area contributed by atoms with Crippen LogP contribution in [-0.2, 0) is 19.2 Å². The molecular formula is C12H20N4O5. The molecule has 5 N–H and O–H groups in total. The Morgan fingerprint density at radius 1 is 1.00 bits per heavy atom. The molecule has 0 radical (unpaired) electrons. The average Bonchev–Trinajstić information content (AvgIpc) is 2.37. The van der Waals surface area contributed by atoms with Gasteiger partial charge in [-0.25, -0.2) is 0 Å². The van der Waals surface area contributed by atoms with Gasteiger partial charge in [0.15, 0.2) is 0 Å². The first-order valence-electron chi connectivity index (χ1n) is 6.59. The van der Waals surface area contributed by atoms with E-state index in [1.54, 1.807) is 0 Å². The molecule has 0 bridgehead atoms. The van der Waals surface area contributed by atoms with E-state index in [0.29, 0.717) is 25.9 Å². The molecule has 3 amide bonds. The van der Waals surface area contributed by atoms with E-state index in [4.69, 9.17) is 16.6 Å². The fraction of sp³-hybridized carbons (Fsp3) is 0.667. The number of primary amides is 2. The number of piperidine rings is 1. The van der Waals surface area contributed by atoms with E-state index in [1.165, 1.54) is 9.80 Å². The monoisotopic (exact) mass is 300 g/mol. The molecule has 9 heteroatoms. The second-order valence-electron chi connectivity index (χ2n) is 5.07. The van der Waals surface area contributed by atoms with E-state index in [0.717, 1.165) is 0 Å². The van der Waals surface area contributed by atoms with E-state index < -0.39 is 23.7 Å². The first-order valence-corrected chi connectivity index (χ1v) is 6.59. The number of hydrogen-bond donors (Lipinski definition) is 3. The lowest BCUT2D eigenvalue weighted by atomic mass is 9.97. The largest absolute Gasteiger partial charge is 0.481 e. The molecule has 0 unspecified atom stereocenters. The molecule has 0 aromatic heterocycles. The Labute approximate surface area is 121 Å². The fourth-order valence-electron chi connectivity index (χ4n) is 2.28. The smallest absolute Gasteiger partial charge is 0.306 e. The number of carboxylic acids is 1. The number of nitrogens with zero attached hydrogens (tertiary/aromatic N) is 2. The van der Waals surface area contributed by atoms with Crippen molar-refractivity contribution in [1.29, 1.82) is 0 Å². The second-order valence-corrected chi connectivity index (χ2v) is 5.07. The summed E-state index contributed by atoms with van der Waals surface area (Å²) in [5.74, 6) is -2.88. The maximum absolute atomic E-state index is 12.1. The predicted octanol–water partition coefficient (Wildman–Crippen LogP) is -2.42. The summed E-state index contributed by atoms with van der Waals surface area (Å²) in [5, 5.41) is 8.89. The summed E-state index contributed by atoms with van der Waals surface area (Å²) in [7, 11) is 0. The van der Waals surface area contributed by atoms with Gasteiger partial charge in [0.1, 0.15) is 0 Å². The highest BCUT2D eigenvalue weighted by Gasteiger charge is 2.28. The molecule has 1 rings (SSSR count). The quantitative estimate of drug-likeness (QED) is 0.477. The first kappa shape index (κ1) is 16.9. The topological polar surface area (TPSA) is 147 Å². The van der Waals surface area contributed by atoms with Crippen molar-refractivity contribution in [1.82, 2.24) is 9.80 Å². The maximum atomic E-state index is 12.1. The normalized spacial score (nSPS) is 16.0. The first-order chi connectivity index (χ1) is 9.79. The van der Waals surface area contributed by atoms with Crippen LogP contribution in [0.3, 0.4) is 0 Å². The Kier molecular flexibility index (Phi) is 6.10. The lowest BCUT2D eigenvalue weighted by molar-refractivity contribution is -0.146. The number of nitrogens with two attached hydrogens (primary N) is 2. The molecule has 0 spiro atoms. The summed E-state index contributed by atoms with van der Waals surface area (Å²) in [6.07, 6.45) is 0.791. The van der Waals surface area contributed by atoms with E-state index >= 15 is 0 Å². The lowest BCUT2D eigenvalue weighted by Crippen LogP contribution is -2.48. The molecule has 0 aromatic carbocycles. The van der Waals surface area contributed by atoms with Gasteiger partial charge in [-0.05, 0) is 12.8 Å². The van der Waals surface area contributed by atoms with E-state index in [-0.39, 0.29) is 25.5 Å². The SMILES string of the molecule is NC(=O)CN(CC(N)=O)CC(=O)N1CCC(C(=O)O)CC1. The van der Waals surface area contributed by atoms with Crippen molar-refractivity contribution in [3.63, 3.8) is 0 Å². The number of carbonyl (C=O) groups excluding carboxylic acids is 3. The Balaban J connectivity index is 2.51. The number of likely N-dealkylation sites (tertiary alicyclic amines) is 1. The second kappa shape index (κ2) is 7.58. The molecule has 1 aliphatic heterocycles. The molecule has 1 aliphatic rings. The Hall–Kier alpha value is -2.16. The third kappa shape index (κ3) is 5.78. The van der Waals surface area contributed by atoms with E-state index in [9.17, 15) is 19.2 Å². The standard InChI is InChI=1S/C12H20N4O5/c13-9(17)5-15(6-10(14)18)7-11(19)16-3-1-8(2-4-16)12(20)21/h8H,1-7H2,(H2,13,17)(H2,14,18)(H,20,21). The number of hydrogen-bond acceptors (Lipinski definition) is 5. The number of rotatable bonds is 7. The molecule has 0 aromatic rings. The van der Waals surface area contributed by atoms with Crippen LogP contribution in [0.5, 0.6) is 0 Å². The number of amides is 3. The van der Waals surface area contributed by atoms with Gasteiger partial charge >= 0.3 is 5.97 Å². The zero-order valence-corrected chi connectivity index (χ0v) is 11.7. The molecule has 0 saturated carbocycles. The summed E-state index contributed by atoms with van der Waals surface area (Å²) < 4.78 is 0. The number of aliphatic carboxylic acids is 1. The van der Waals surface area contributed by atoms with E-state index in [2.05, 4.69) is 0 Å². The van der Waals surface area contributed by atoms with Crippen LogP contribution < -0.4 is 11.5 Å². The minimum Gasteiger partial charge on any atom is -0.481 e. The van der Waals surface area contributed by atoms with Gasteiger partial charge in [0, 0.05) is 13.1 Å². The molecule has 1 heterocycles. The molecule has 0 atom stereocenters. The zero-order valence-electron chi connectivity index (χ0n) is 11.7. The fourth-order valence-corrected chi connectivity index (χ4v) is 2.28. The molecule has 1 saturated heterocycles. The van der Waals surface area contributed by atoms with Gasteiger partial charge in [0.2, 0.25) is 17.7 Å². The zero-order chi connectivity index (χ0) is 16.0. The van der Waals surface area contributed by atoms with Gasteiger partial charge < -0.3 is 21.5 Å². The lowest BCUT2D eigenvalue weighted by Gasteiger charge is -2.31. The Morgan fingerprint density at radius 3 is 1.86 bits per heavy atom. The molecule has 9 nitrogen and oxygen atoms in total. The molecule has 0 aliphatic carbocycles. The van der Waals surface area contributed by atoms with Crippen LogP contribution in [0.15, 0.2) is 0 Å². The minimum absolute atomic E-state index is 0.149. The highest BCUT2D eigenvalue weighted by Crippen LogP contribution is 2.17. The van der Waals surface area contributed by atoms with Crippen LogP contribution in [0.1, 0.15) is 12.8 Å². The summed E-state index contributed by atoms with van der Waals surface area (Å²) in [4.78, 5) is 47.5. The van der Waals surface area contributed by atoms with Crippen LogP contribution in [0.4, 0.5) is 0 Å². The molecule has 21 heavy (non-hydrogen) atoms. The van der Waals surface area contributed by atoms with Crippen molar-refractivity contribution in [2.75, 3.05) is 32.7 Å². The van der Waals surface area contributed by atoms with Crippen LogP contribution >= 0.6 is 0 Å². The third-order valence-corrected chi connectivity index (χ3v) is 3.31. The van der Waals surface area contributed by atoms with Crippen molar-refractivity contribution in [2.24, 2.45) is 17.4 Å². The summed E-state index contributed by atoms with van der Waals surface area (Å²) in [5.41, 5.74) is 10.1. The molecule has 118 valence electrons. The summed E-state index contributed by atoms with van der Waals surface area (Å²) in [6, 6.07) is 0. The highest BCUT2D eigenvalue weighted by molar-refractivity contribution is 5.83. The maximum Gasteiger partial charge on any atom is 0.306 e. The summed E-state index contributed by atoms with van der Waals surface area (Å²) in [6.45, 7) is 0.0672. The number of carboxylic acid groups (broad SMARTS) is 1. The van der Waals surface area contributed by atoms with Crippen molar-refractivity contribution in [2.45, 2.75) is 12.8 Å². The van der Waals surface area contributed by atoms with Crippen LogP contribution in [0.2, 0.25) is 0 Å². The third-order valence-electron chi connectivity index (χ3n) is 3.31. The van der Waals surface area contributed by atoms with Crippen molar-refractivity contribution in [3.05, 3.63) is 0 Å².